The Labute approximate surface area is 245 Å². The minimum atomic E-state index is 0.387. The summed E-state index contributed by atoms with van der Waals surface area (Å²) in [5.41, 5.74) is 7.19. The molecule has 5 rings (SSSR count). The molecular weight excluding hydrogens is 526 g/mol. The number of fused-ring (bicyclic) bond motifs is 1. The van der Waals surface area contributed by atoms with E-state index in [9.17, 15) is 0 Å². The Morgan fingerprint density at radius 1 is 0.905 bits per heavy atom. The van der Waals surface area contributed by atoms with Crippen LogP contribution in [0.5, 0.6) is 17.4 Å². The van der Waals surface area contributed by atoms with Crippen LogP contribution in [0.15, 0.2) is 83.1 Å². The molecule has 0 spiro atoms. The average molecular weight is 560 g/mol. The number of methoxy groups -OCH3 is 1. The highest BCUT2D eigenvalue weighted by molar-refractivity contribution is 5.82. The molecule has 1 N–H and O–H groups in total. The first-order chi connectivity index (χ1) is 20.5. The fraction of sp³-hybridized carbons (Fsp3) is 0.182. The Morgan fingerprint density at radius 2 is 1.64 bits per heavy atom. The number of benzene rings is 3. The predicted molar refractivity (Wildman–Crippen MR) is 170 cm³/mol. The monoisotopic (exact) mass is 559 g/mol. The van der Waals surface area contributed by atoms with E-state index in [1.165, 1.54) is 0 Å². The van der Waals surface area contributed by atoms with Gasteiger partial charge in [-0.3, -0.25) is 9.98 Å². The van der Waals surface area contributed by atoms with E-state index in [0.717, 1.165) is 45.0 Å². The molecule has 9 nitrogen and oxygen atoms in total. The number of hydrogen-bond acceptors (Lipinski definition) is 8. The van der Waals surface area contributed by atoms with Gasteiger partial charge in [-0.15, -0.1) is 0 Å². The maximum absolute atomic E-state index is 6.60. The number of hydrogen-bond donors (Lipinski definition) is 1. The van der Waals surface area contributed by atoms with Gasteiger partial charge in [0.1, 0.15) is 11.5 Å². The zero-order valence-corrected chi connectivity index (χ0v) is 24.4. The standard InChI is InChI=1S/C33H33N7O2/c1-22-17-26(7-6-16-34-3)18-23(2)30(22)42-32-29-31(36-21-40(29)20-25-10-14-28(41-5)15-11-25)38-33(39-32)37-27-12-8-24(9-13-27)19-35-4/h6-19,21H,20H2,1-5H3,(H,37,38,39)/b7-6+,34-16?,35-19?. The van der Waals surface area contributed by atoms with E-state index in [4.69, 9.17) is 19.4 Å². The number of aliphatic imine (C=N–C) groups is 2. The Bertz CT molecular complexity index is 1750. The van der Waals surface area contributed by atoms with Crippen LogP contribution in [-0.4, -0.2) is 53.2 Å². The second-order valence-corrected chi connectivity index (χ2v) is 9.73. The highest BCUT2D eigenvalue weighted by Gasteiger charge is 2.18. The molecule has 0 aliphatic rings. The van der Waals surface area contributed by atoms with E-state index in [-0.39, 0.29) is 0 Å². The summed E-state index contributed by atoms with van der Waals surface area (Å²) in [6.07, 6.45) is 9.26. The van der Waals surface area contributed by atoms with Crippen LogP contribution in [0, 0.1) is 13.8 Å². The molecule has 0 aliphatic carbocycles. The average Bonchev–Trinajstić information content (AvgIpc) is 3.39. The lowest BCUT2D eigenvalue weighted by atomic mass is 10.1. The molecule has 0 bridgehead atoms. The Morgan fingerprint density at radius 3 is 2.31 bits per heavy atom. The van der Waals surface area contributed by atoms with Gasteiger partial charge in [-0.2, -0.15) is 9.97 Å². The highest BCUT2D eigenvalue weighted by atomic mass is 16.5. The van der Waals surface area contributed by atoms with Crippen LogP contribution < -0.4 is 14.8 Å². The van der Waals surface area contributed by atoms with Gasteiger partial charge in [-0.25, -0.2) is 4.98 Å². The molecular formula is C33H33N7O2. The molecule has 0 radical (unpaired) electrons. The summed E-state index contributed by atoms with van der Waals surface area (Å²) in [4.78, 5) is 22.3. The van der Waals surface area contributed by atoms with E-state index in [1.807, 2.05) is 79.1 Å². The lowest BCUT2D eigenvalue weighted by molar-refractivity contribution is 0.414. The minimum absolute atomic E-state index is 0.387. The quantitative estimate of drug-likeness (QED) is 0.189. The minimum Gasteiger partial charge on any atom is -0.497 e. The van der Waals surface area contributed by atoms with Gasteiger partial charge in [0.15, 0.2) is 11.2 Å². The SMILES string of the molecule is CN=C/C=C/c1cc(C)c(Oc2nc(Nc3ccc(C=NC)cc3)nc3ncn(Cc4ccc(OC)cc4)c23)c(C)c1. The van der Waals surface area contributed by atoms with E-state index in [2.05, 4.69) is 32.4 Å². The van der Waals surface area contributed by atoms with Crippen LogP contribution >= 0.6 is 0 Å². The summed E-state index contributed by atoms with van der Waals surface area (Å²) in [6, 6.07) is 20.0. The zero-order chi connectivity index (χ0) is 29.5. The van der Waals surface area contributed by atoms with Gasteiger partial charge in [-0.05, 0) is 84.1 Å². The van der Waals surface area contributed by atoms with E-state index in [0.29, 0.717) is 29.5 Å². The van der Waals surface area contributed by atoms with Crippen molar-refractivity contribution < 1.29 is 9.47 Å². The van der Waals surface area contributed by atoms with Crippen LogP contribution in [0.2, 0.25) is 0 Å². The van der Waals surface area contributed by atoms with Gasteiger partial charge in [0.25, 0.3) is 5.88 Å². The van der Waals surface area contributed by atoms with Crippen molar-refractivity contribution in [3.05, 3.63) is 101 Å². The van der Waals surface area contributed by atoms with Crippen molar-refractivity contribution in [3.8, 4) is 17.4 Å². The Balaban J connectivity index is 1.55. The highest BCUT2D eigenvalue weighted by Crippen LogP contribution is 2.34. The maximum atomic E-state index is 6.60. The fourth-order valence-corrected chi connectivity index (χ4v) is 4.63. The van der Waals surface area contributed by atoms with Crippen molar-refractivity contribution in [2.45, 2.75) is 20.4 Å². The predicted octanol–water partition coefficient (Wildman–Crippen LogP) is 6.80. The van der Waals surface area contributed by atoms with E-state index in [1.54, 1.807) is 40.0 Å². The Hall–Kier alpha value is -5.31. The molecule has 212 valence electrons. The Kier molecular flexibility index (Phi) is 8.67. The third kappa shape index (κ3) is 6.52. The topological polar surface area (TPSA) is 98.8 Å². The summed E-state index contributed by atoms with van der Waals surface area (Å²) in [6.45, 7) is 4.62. The van der Waals surface area contributed by atoms with Crippen molar-refractivity contribution in [1.82, 2.24) is 19.5 Å². The smallest absolute Gasteiger partial charge is 0.250 e. The van der Waals surface area contributed by atoms with Crippen molar-refractivity contribution >= 4 is 41.3 Å². The number of ether oxygens (including phenoxy) is 2. The number of aryl methyl sites for hydroxylation is 2. The van der Waals surface area contributed by atoms with Crippen molar-refractivity contribution in [1.29, 1.82) is 0 Å². The van der Waals surface area contributed by atoms with Crippen LogP contribution in [0.25, 0.3) is 17.2 Å². The van der Waals surface area contributed by atoms with Gasteiger partial charge < -0.3 is 19.4 Å². The number of rotatable bonds is 10. The fourth-order valence-electron chi connectivity index (χ4n) is 4.63. The first-order valence-corrected chi connectivity index (χ1v) is 13.5. The van der Waals surface area contributed by atoms with Gasteiger partial charge in [0.05, 0.1) is 13.4 Å². The van der Waals surface area contributed by atoms with E-state index >= 15 is 0 Å². The largest absolute Gasteiger partial charge is 0.497 e. The van der Waals surface area contributed by atoms with Crippen molar-refractivity contribution in [3.63, 3.8) is 0 Å². The summed E-state index contributed by atoms with van der Waals surface area (Å²) >= 11 is 0. The molecule has 5 aromatic rings. The molecule has 0 saturated carbocycles. The number of imidazole rings is 1. The van der Waals surface area contributed by atoms with Crippen LogP contribution in [-0.2, 0) is 6.54 Å². The molecule has 9 heteroatoms. The van der Waals surface area contributed by atoms with Crippen molar-refractivity contribution in [2.24, 2.45) is 9.98 Å². The maximum Gasteiger partial charge on any atom is 0.250 e. The second-order valence-electron chi connectivity index (χ2n) is 9.73. The molecule has 0 saturated heterocycles. The molecule has 3 aromatic carbocycles. The normalized spacial score (nSPS) is 11.7. The van der Waals surface area contributed by atoms with E-state index < -0.39 is 0 Å². The summed E-state index contributed by atoms with van der Waals surface area (Å²) in [5, 5.41) is 3.30. The first-order valence-electron chi connectivity index (χ1n) is 13.5. The number of nitrogens with one attached hydrogen (secondary N) is 1. The van der Waals surface area contributed by atoms with Gasteiger partial charge in [0, 0.05) is 38.8 Å². The number of aromatic nitrogens is 4. The lowest BCUT2D eigenvalue weighted by Gasteiger charge is -2.15. The second kappa shape index (κ2) is 12.9. The van der Waals surface area contributed by atoms with Gasteiger partial charge in [0.2, 0.25) is 5.95 Å². The third-order valence-electron chi connectivity index (χ3n) is 6.60. The van der Waals surface area contributed by atoms with Crippen molar-refractivity contribution in [2.75, 3.05) is 26.5 Å². The first kappa shape index (κ1) is 28.2. The number of anilines is 2. The molecule has 0 amide bonds. The molecule has 2 aromatic heterocycles. The van der Waals surface area contributed by atoms with Crippen LogP contribution in [0.3, 0.4) is 0 Å². The van der Waals surface area contributed by atoms with Gasteiger partial charge >= 0.3 is 0 Å². The van der Waals surface area contributed by atoms with Crippen LogP contribution in [0.1, 0.15) is 27.8 Å². The molecule has 0 aliphatic heterocycles. The van der Waals surface area contributed by atoms with Crippen LogP contribution in [0.4, 0.5) is 11.6 Å². The number of allylic oxidation sites excluding steroid dienone is 1. The molecule has 2 heterocycles. The van der Waals surface area contributed by atoms with Gasteiger partial charge in [-0.1, -0.05) is 30.3 Å². The molecule has 0 atom stereocenters. The molecule has 0 fully saturated rings. The third-order valence-corrected chi connectivity index (χ3v) is 6.60. The zero-order valence-electron chi connectivity index (χ0n) is 24.4. The summed E-state index contributed by atoms with van der Waals surface area (Å²) < 4.78 is 13.9. The lowest BCUT2D eigenvalue weighted by Crippen LogP contribution is -2.05. The molecule has 42 heavy (non-hydrogen) atoms. The summed E-state index contributed by atoms with van der Waals surface area (Å²) in [7, 11) is 5.16. The number of nitrogens with zero attached hydrogens (tertiary/aromatic N) is 6. The molecule has 0 unspecified atom stereocenters. The summed E-state index contributed by atoms with van der Waals surface area (Å²) in [5.74, 6) is 2.34.